The summed E-state index contributed by atoms with van der Waals surface area (Å²) in [6.07, 6.45) is 7.13. The molecule has 1 aliphatic heterocycles. The van der Waals surface area contributed by atoms with E-state index >= 15 is 0 Å². The second-order valence-electron chi connectivity index (χ2n) is 3.36. The molecule has 1 fully saturated rings. The minimum Gasteiger partial charge on any atom is -0.0907 e. The molecule has 2 heteroatoms. The summed E-state index contributed by atoms with van der Waals surface area (Å²) >= 11 is 0. The van der Waals surface area contributed by atoms with Crippen molar-refractivity contribution in [3.63, 3.8) is 0 Å². The molecule has 0 saturated carbocycles. The van der Waals surface area contributed by atoms with Crippen LogP contribution in [0.5, 0.6) is 0 Å². The minimum absolute atomic E-state index is 0.909. The highest BCUT2D eigenvalue weighted by atomic mass is 33.1. The van der Waals surface area contributed by atoms with E-state index in [2.05, 4.69) is 35.4 Å². The zero-order valence-corrected chi connectivity index (χ0v) is 9.14. The second kappa shape index (κ2) is 5.36. The zero-order valence-electron chi connectivity index (χ0n) is 7.51. The van der Waals surface area contributed by atoms with E-state index in [-0.39, 0.29) is 0 Å². The molecule has 1 saturated heterocycles. The molecule has 0 aromatic heterocycles. The third kappa shape index (κ3) is 3.75. The monoisotopic (exact) mass is 190 g/mol. The number of hydrogen-bond acceptors (Lipinski definition) is 2. The highest BCUT2D eigenvalue weighted by molar-refractivity contribution is 8.77. The molecule has 0 N–H and O–H groups in total. The van der Waals surface area contributed by atoms with Gasteiger partial charge in [-0.25, -0.2) is 0 Å². The Bertz CT molecular complexity index is 104. The lowest BCUT2D eigenvalue weighted by atomic mass is 10.1. The summed E-state index contributed by atoms with van der Waals surface area (Å²) in [5, 5.41) is 1.88. The number of rotatable bonds is 4. The van der Waals surface area contributed by atoms with Crippen LogP contribution in [-0.4, -0.2) is 10.5 Å². The van der Waals surface area contributed by atoms with Crippen LogP contribution in [0.2, 0.25) is 0 Å². The smallest absolute Gasteiger partial charge is 0.0162 e. The second-order valence-corrected chi connectivity index (χ2v) is 6.37. The van der Waals surface area contributed by atoms with Crippen LogP contribution in [0.15, 0.2) is 0 Å². The lowest BCUT2D eigenvalue weighted by Gasteiger charge is -2.05. The maximum atomic E-state index is 2.34. The third-order valence-electron chi connectivity index (χ3n) is 2.08. The molecule has 0 radical (unpaired) electrons. The van der Waals surface area contributed by atoms with Gasteiger partial charge in [0.25, 0.3) is 0 Å². The van der Waals surface area contributed by atoms with E-state index in [1.54, 1.807) is 0 Å². The van der Waals surface area contributed by atoms with E-state index in [1.807, 2.05) is 0 Å². The van der Waals surface area contributed by atoms with E-state index < -0.39 is 0 Å². The Morgan fingerprint density at radius 1 is 1.27 bits per heavy atom. The Labute approximate surface area is 78.3 Å². The van der Waals surface area contributed by atoms with Crippen LogP contribution in [0.4, 0.5) is 0 Å². The van der Waals surface area contributed by atoms with Crippen LogP contribution in [0, 0.1) is 0 Å². The molecule has 1 aliphatic rings. The molecular formula is C9H18S2. The molecule has 66 valence electrons. The van der Waals surface area contributed by atoms with Gasteiger partial charge in [-0.15, -0.1) is 0 Å². The lowest BCUT2D eigenvalue weighted by molar-refractivity contribution is 0.625. The van der Waals surface area contributed by atoms with Gasteiger partial charge in [-0.2, -0.15) is 0 Å². The molecule has 11 heavy (non-hydrogen) atoms. The predicted octanol–water partition coefficient (Wildman–Crippen LogP) is 4.11. The van der Waals surface area contributed by atoms with E-state index in [0.29, 0.717) is 0 Å². The standard InChI is InChI=1S/C9H18S2/c1-3-4-5-6-9-7-8(2)10-11-9/h8-9H,3-7H2,1-2H3. The Hall–Kier alpha value is 0.700. The molecule has 0 amide bonds. The highest BCUT2D eigenvalue weighted by Crippen LogP contribution is 2.44. The lowest BCUT2D eigenvalue weighted by Crippen LogP contribution is -2.00. The van der Waals surface area contributed by atoms with Gasteiger partial charge >= 0.3 is 0 Å². The van der Waals surface area contributed by atoms with E-state index in [1.165, 1.54) is 32.1 Å². The van der Waals surface area contributed by atoms with Gasteiger partial charge < -0.3 is 0 Å². The number of hydrogen-bond donors (Lipinski definition) is 0. The molecule has 0 aromatic rings. The first kappa shape index (κ1) is 9.79. The third-order valence-corrected chi connectivity index (χ3v) is 5.55. The Balaban J connectivity index is 1.99. The minimum atomic E-state index is 0.909. The fourth-order valence-corrected chi connectivity index (χ4v) is 4.62. The van der Waals surface area contributed by atoms with Gasteiger partial charge in [-0.3, -0.25) is 0 Å². The van der Waals surface area contributed by atoms with E-state index in [0.717, 1.165) is 10.5 Å². The zero-order chi connectivity index (χ0) is 8.10. The van der Waals surface area contributed by atoms with Crippen LogP contribution >= 0.6 is 21.6 Å². The molecular weight excluding hydrogens is 172 g/mol. The van der Waals surface area contributed by atoms with Crippen molar-refractivity contribution in [1.29, 1.82) is 0 Å². The summed E-state index contributed by atoms with van der Waals surface area (Å²) < 4.78 is 0. The quantitative estimate of drug-likeness (QED) is 0.483. The molecule has 0 aromatic carbocycles. The van der Waals surface area contributed by atoms with Crippen LogP contribution in [0.1, 0.15) is 46.0 Å². The van der Waals surface area contributed by atoms with Crippen molar-refractivity contribution >= 4 is 21.6 Å². The van der Waals surface area contributed by atoms with Crippen molar-refractivity contribution in [2.45, 2.75) is 56.5 Å². The van der Waals surface area contributed by atoms with Crippen LogP contribution in [0.3, 0.4) is 0 Å². The average Bonchev–Trinajstić information content (AvgIpc) is 2.37. The van der Waals surface area contributed by atoms with Crippen molar-refractivity contribution in [3.05, 3.63) is 0 Å². The fraction of sp³-hybridized carbons (Fsp3) is 1.00. The summed E-state index contributed by atoms with van der Waals surface area (Å²) in [4.78, 5) is 0. The Morgan fingerprint density at radius 3 is 2.64 bits per heavy atom. The highest BCUT2D eigenvalue weighted by Gasteiger charge is 2.21. The fourth-order valence-electron chi connectivity index (χ4n) is 1.41. The van der Waals surface area contributed by atoms with Gasteiger partial charge in [0, 0.05) is 10.5 Å². The van der Waals surface area contributed by atoms with Crippen molar-refractivity contribution in [2.75, 3.05) is 0 Å². The largest absolute Gasteiger partial charge is 0.0907 e. The molecule has 0 nitrogen and oxygen atoms in total. The van der Waals surface area contributed by atoms with Crippen LogP contribution in [0.25, 0.3) is 0 Å². The van der Waals surface area contributed by atoms with Crippen molar-refractivity contribution in [3.8, 4) is 0 Å². The Morgan fingerprint density at radius 2 is 2.09 bits per heavy atom. The predicted molar refractivity (Wildman–Crippen MR) is 57.2 cm³/mol. The maximum absolute atomic E-state index is 2.34. The SMILES string of the molecule is CCCCCC1CC(C)SS1. The van der Waals surface area contributed by atoms with E-state index in [9.17, 15) is 0 Å². The first-order valence-corrected chi connectivity index (χ1v) is 6.92. The van der Waals surface area contributed by atoms with Crippen LogP contribution in [-0.2, 0) is 0 Å². The summed E-state index contributed by atoms with van der Waals surface area (Å²) in [5.41, 5.74) is 0. The first-order chi connectivity index (χ1) is 5.33. The number of unbranched alkanes of at least 4 members (excludes halogenated alkanes) is 2. The van der Waals surface area contributed by atoms with Crippen LogP contribution < -0.4 is 0 Å². The first-order valence-electron chi connectivity index (χ1n) is 4.65. The molecule has 0 aliphatic carbocycles. The maximum Gasteiger partial charge on any atom is 0.0162 e. The average molecular weight is 190 g/mol. The summed E-state index contributed by atoms with van der Waals surface area (Å²) in [6.45, 7) is 4.62. The van der Waals surface area contributed by atoms with E-state index in [4.69, 9.17) is 0 Å². The topological polar surface area (TPSA) is 0 Å². The summed E-state index contributed by atoms with van der Waals surface area (Å²) in [7, 11) is 4.20. The van der Waals surface area contributed by atoms with Crippen molar-refractivity contribution in [1.82, 2.24) is 0 Å². The molecule has 0 spiro atoms. The van der Waals surface area contributed by atoms with Gasteiger partial charge in [-0.1, -0.05) is 54.7 Å². The van der Waals surface area contributed by atoms with Gasteiger partial charge in [-0.05, 0) is 12.8 Å². The molecule has 2 atom stereocenters. The van der Waals surface area contributed by atoms with Gasteiger partial charge in [0.15, 0.2) is 0 Å². The van der Waals surface area contributed by atoms with Crippen molar-refractivity contribution < 1.29 is 0 Å². The van der Waals surface area contributed by atoms with Gasteiger partial charge in [0.1, 0.15) is 0 Å². The normalized spacial score (nSPS) is 31.1. The molecule has 2 unspecified atom stereocenters. The van der Waals surface area contributed by atoms with Crippen molar-refractivity contribution in [2.24, 2.45) is 0 Å². The van der Waals surface area contributed by atoms with Gasteiger partial charge in [0.05, 0.1) is 0 Å². The Kier molecular flexibility index (Phi) is 4.77. The summed E-state index contributed by atoms with van der Waals surface area (Å²) in [5.74, 6) is 0. The molecule has 1 heterocycles. The van der Waals surface area contributed by atoms with Gasteiger partial charge in [0.2, 0.25) is 0 Å². The molecule has 1 rings (SSSR count). The molecule has 0 bridgehead atoms. The summed E-state index contributed by atoms with van der Waals surface area (Å²) in [6, 6.07) is 0.